The van der Waals surface area contributed by atoms with Crippen LogP contribution in [-0.2, 0) is 21.4 Å². The zero-order valence-electron chi connectivity index (χ0n) is 16.6. The van der Waals surface area contributed by atoms with E-state index in [1.165, 1.54) is 24.4 Å². The average molecular weight is 439 g/mol. The second kappa shape index (κ2) is 8.37. The van der Waals surface area contributed by atoms with Gasteiger partial charge in [0.25, 0.3) is 0 Å². The lowest BCUT2D eigenvalue weighted by molar-refractivity contribution is -0.129. The maximum Gasteiger partial charge on any atom is 0.241 e. The summed E-state index contributed by atoms with van der Waals surface area (Å²) in [5.74, 6) is 4.98. The normalized spacial score (nSPS) is 17.1. The number of hydrogen-bond acceptors (Lipinski definition) is 6. The van der Waals surface area contributed by atoms with Crippen molar-refractivity contribution in [1.82, 2.24) is 9.62 Å². The van der Waals surface area contributed by atoms with Gasteiger partial charge in [-0.2, -0.15) is 9.82 Å². The van der Waals surface area contributed by atoms with Crippen molar-refractivity contribution in [2.75, 3.05) is 6.54 Å². The number of phenolic OH excluding ortho intramolecular Hbond substituents is 1. The molecule has 8 nitrogen and oxygen atoms in total. The lowest BCUT2D eigenvalue weighted by atomic mass is 10.1. The molecule has 1 saturated heterocycles. The van der Waals surface area contributed by atoms with Gasteiger partial charge in [-0.15, -0.1) is 0 Å². The van der Waals surface area contributed by atoms with E-state index in [1.54, 1.807) is 23.1 Å². The van der Waals surface area contributed by atoms with Crippen LogP contribution in [0.4, 0.5) is 0 Å². The molecule has 4 N–H and O–H groups in total. The Hall–Kier alpha value is -3.43. The van der Waals surface area contributed by atoms with Gasteiger partial charge in [-0.3, -0.25) is 4.79 Å². The van der Waals surface area contributed by atoms with Crippen molar-refractivity contribution in [3.05, 3.63) is 71.8 Å². The van der Waals surface area contributed by atoms with Crippen molar-refractivity contribution in [2.45, 2.75) is 23.9 Å². The highest BCUT2D eigenvalue weighted by Gasteiger charge is 2.34. The number of amides is 1. The van der Waals surface area contributed by atoms with Crippen LogP contribution in [0.15, 0.2) is 70.7 Å². The van der Waals surface area contributed by atoms with Crippen LogP contribution in [-0.4, -0.2) is 43.1 Å². The van der Waals surface area contributed by atoms with Gasteiger partial charge in [0.1, 0.15) is 11.8 Å². The second-order valence-electron chi connectivity index (χ2n) is 7.44. The lowest BCUT2D eigenvalue weighted by Crippen LogP contribution is -2.41. The molecule has 160 valence electrons. The largest absolute Gasteiger partial charge is 0.508 e. The Morgan fingerprint density at radius 2 is 1.94 bits per heavy atom. The predicted octanol–water partition coefficient (Wildman–Crippen LogP) is 1.92. The van der Waals surface area contributed by atoms with Gasteiger partial charge in [-0.1, -0.05) is 30.3 Å². The van der Waals surface area contributed by atoms with Crippen molar-refractivity contribution in [3.8, 4) is 5.75 Å². The summed E-state index contributed by atoms with van der Waals surface area (Å²) in [4.78, 5) is 14.5. The first kappa shape index (κ1) is 20.8. The zero-order chi connectivity index (χ0) is 22.0. The molecule has 1 aliphatic heterocycles. The highest BCUT2D eigenvalue weighted by atomic mass is 32.2. The van der Waals surface area contributed by atoms with E-state index < -0.39 is 16.1 Å². The quantitative estimate of drug-likeness (QED) is 0.308. The molecule has 1 amide bonds. The number of carbonyl (C=O) groups is 1. The molecule has 0 bridgehead atoms. The SMILES string of the molecule is NN=Cc1cccc(CN2CC[C@H](NS(=O)(=O)c3ccc4ccc(O)cc4c3)C2=O)c1. The molecular weight excluding hydrogens is 416 g/mol. The van der Waals surface area contributed by atoms with Crippen molar-refractivity contribution < 1.29 is 18.3 Å². The third-order valence-electron chi connectivity index (χ3n) is 5.25. The number of rotatable bonds is 6. The van der Waals surface area contributed by atoms with Crippen LogP contribution in [0.1, 0.15) is 17.5 Å². The first-order valence-corrected chi connectivity index (χ1v) is 11.2. The number of sulfonamides is 1. The van der Waals surface area contributed by atoms with E-state index in [9.17, 15) is 18.3 Å². The number of nitrogens with zero attached hydrogens (tertiary/aromatic N) is 2. The minimum Gasteiger partial charge on any atom is -0.508 e. The van der Waals surface area contributed by atoms with Crippen molar-refractivity contribution in [1.29, 1.82) is 0 Å². The fourth-order valence-corrected chi connectivity index (χ4v) is 4.98. The third-order valence-corrected chi connectivity index (χ3v) is 6.72. The van der Waals surface area contributed by atoms with Gasteiger partial charge in [-0.05, 0) is 58.7 Å². The first-order chi connectivity index (χ1) is 14.9. The van der Waals surface area contributed by atoms with E-state index in [1.807, 2.05) is 24.3 Å². The molecule has 1 fully saturated rings. The predicted molar refractivity (Wildman–Crippen MR) is 118 cm³/mol. The van der Waals surface area contributed by atoms with Crippen LogP contribution in [0.25, 0.3) is 10.8 Å². The Kier molecular flexibility index (Phi) is 5.62. The number of fused-ring (bicyclic) bond motifs is 1. The molecule has 0 spiro atoms. The summed E-state index contributed by atoms with van der Waals surface area (Å²) in [7, 11) is -3.90. The molecule has 0 aliphatic carbocycles. The Morgan fingerprint density at radius 1 is 1.13 bits per heavy atom. The molecule has 0 saturated carbocycles. The van der Waals surface area contributed by atoms with Crippen LogP contribution in [0.2, 0.25) is 0 Å². The van der Waals surface area contributed by atoms with Gasteiger partial charge >= 0.3 is 0 Å². The molecule has 1 aliphatic rings. The van der Waals surface area contributed by atoms with Crippen molar-refractivity contribution in [3.63, 3.8) is 0 Å². The molecule has 0 unspecified atom stereocenters. The van der Waals surface area contributed by atoms with Gasteiger partial charge in [0.05, 0.1) is 11.1 Å². The number of benzene rings is 3. The number of hydrazone groups is 1. The van der Waals surface area contributed by atoms with Gasteiger partial charge < -0.3 is 15.8 Å². The van der Waals surface area contributed by atoms with E-state index in [0.29, 0.717) is 24.9 Å². The summed E-state index contributed by atoms with van der Waals surface area (Å²) < 4.78 is 28.3. The zero-order valence-corrected chi connectivity index (χ0v) is 17.4. The average Bonchev–Trinajstić information content (AvgIpc) is 3.07. The molecule has 4 rings (SSSR count). The highest BCUT2D eigenvalue weighted by Crippen LogP contribution is 2.24. The number of hydrogen-bond donors (Lipinski definition) is 3. The lowest BCUT2D eigenvalue weighted by Gasteiger charge is -2.17. The smallest absolute Gasteiger partial charge is 0.241 e. The highest BCUT2D eigenvalue weighted by molar-refractivity contribution is 7.89. The van der Waals surface area contributed by atoms with Crippen LogP contribution in [0.3, 0.4) is 0 Å². The first-order valence-electron chi connectivity index (χ1n) is 9.72. The van der Waals surface area contributed by atoms with E-state index >= 15 is 0 Å². The van der Waals surface area contributed by atoms with Crippen LogP contribution in [0.5, 0.6) is 5.75 Å². The van der Waals surface area contributed by atoms with Crippen LogP contribution >= 0.6 is 0 Å². The fraction of sp³-hybridized carbons (Fsp3) is 0.182. The van der Waals surface area contributed by atoms with Crippen molar-refractivity contribution in [2.24, 2.45) is 10.9 Å². The summed E-state index contributed by atoms with van der Waals surface area (Å²) >= 11 is 0. The summed E-state index contributed by atoms with van der Waals surface area (Å²) in [6.45, 7) is 0.825. The van der Waals surface area contributed by atoms with Gasteiger partial charge in [0.2, 0.25) is 15.9 Å². The summed E-state index contributed by atoms with van der Waals surface area (Å²) in [6, 6.07) is 16.1. The van der Waals surface area contributed by atoms with Gasteiger partial charge in [0, 0.05) is 13.1 Å². The number of likely N-dealkylation sites (tertiary alicyclic amines) is 1. The molecule has 1 heterocycles. The standard InChI is InChI=1S/C22H22N4O4S/c23-24-13-15-2-1-3-16(10-15)14-26-9-8-21(22(26)28)25-31(29,30)20-7-5-17-4-6-19(27)11-18(17)12-20/h1-7,10-13,21,25,27H,8-9,14,23H2/t21-/m0/s1. The number of nitrogens with two attached hydrogens (primary N) is 1. The summed E-state index contributed by atoms with van der Waals surface area (Å²) in [6.07, 6.45) is 1.91. The van der Waals surface area contributed by atoms with E-state index in [2.05, 4.69) is 9.82 Å². The van der Waals surface area contributed by atoms with Crippen molar-refractivity contribution >= 4 is 32.9 Å². The summed E-state index contributed by atoms with van der Waals surface area (Å²) in [5, 5.41) is 14.6. The van der Waals surface area contributed by atoms with Crippen LogP contribution in [0, 0.1) is 0 Å². The minimum absolute atomic E-state index is 0.0469. The second-order valence-corrected chi connectivity index (χ2v) is 9.15. The molecule has 9 heteroatoms. The molecule has 3 aromatic carbocycles. The Morgan fingerprint density at radius 3 is 2.74 bits per heavy atom. The van der Waals surface area contributed by atoms with Gasteiger partial charge in [-0.25, -0.2) is 8.42 Å². The maximum absolute atomic E-state index is 12.9. The topological polar surface area (TPSA) is 125 Å². The molecule has 0 aromatic heterocycles. The molecular formula is C22H22N4O4S. The number of aromatic hydroxyl groups is 1. The Labute approximate surface area is 180 Å². The molecule has 0 radical (unpaired) electrons. The number of phenols is 1. The third kappa shape index (κ3) is 4.52. The maximum atomic E-state index is 12.9. The molecule has 3 aromatic rings. The van der Waals surface area contributed by atoms with E-state index in [4.69, 9.17) is 5.84 Å². The monoisotopic (exact) mass is 438 g/mol. The summed E-state index contributed by atoms with van der Waals surface area (Å²) in [5.41, 5.74) is 1.73. The fourth-order valence-electron chi connectivity index (χ4n) is 3.72. The molecule has 1 atom stereocenters. The van der Waals surface area contributed by atoms with E-state index in [0.717, 1.165) is 16.5 Å². The number of nitrogens with one attached hydrogen (secondary N) is 1. The Balaban J connectivity index is 1.48. The van der Waals surface area contributed by atoms with Crippen LogP contribution < -0.4 is 10.6 Å². The number of carbonyl (C=O) groups excluding carboxylic acids is 1. The van der Waals surface area contributed by atoms with Gasteiger partial charge in [0.15, 0.2) is 0 Å². The Bertz CT molecular complexity index is 1270. The van der Waals surface area contributed by atoms with E-state index in [-0.39, 0.29) is 16.6 Å². The molecule has 31 heavy (non-hydrogen) atoms. The minimum atomic E-state index is -3.90.